The zero-order valence-electron chi connectivity index (χ0n) is 13.6. The Balaban J connectivity index is 0.00000484. The highest BCUT2D eigenvalue weighted by molar-refractivity contribution is 5.85. The molecule has 0 aliphatic heterocycles. The van der Waals surface area contributed by atoms with Gasteiger partial charge < -0.3 is 15.2 Å². The van der Waals surface area contributed by atoms with E-state index in [0.717, 1.165) is 17.7 Å². The molecule has 7 heteroatoms. The number of nitrogens with zero attached hydrogens (tertiary/aromatic N) is 1. The Kier molecular flexibility index (Phi) is 10.8. The summed E-state index contributed by atoms with van der Waals surface area (Å²) in [5.41, 5.74) is 1.15. The molecule has 0 bridgehead atoms. The van der Waals surface area contributed by atoms with Crippen LogP contribution in [0.2, 0.25) is 0 Å². The van der Waals surface area contributed by atoms with Crippen LogP contribution < -0.4 is 10.1 Å². The third-order valence-corrected chi connectivity index (χ3v) is 3.02. The molecule has 0 radical (unpaired) electrons. The number of nitrogens with one attached hydrogen (secondary N) is 1. The zero-order valence-corrected chi connectivity index (χ0v) is 14.4. The van der Waals surface area contributed by atoms with Crippen molar-refractivity contribution in [3.8, 4) is 5.75 Å². The zero-order chi connectivity index (χ0) is 16.4. The third-order valence-electron chi connectivity index (χ3n) is 3.02. The van der Waals surface area contributed by atoms with Gasteiger partial charge in [-0.15, -0.1) is 12.4 Å². The molecule has 0 saturated carbocycles. The quantitative estimate of drug-likeness (QED) is 0.632. The molecule has 1 amide bonds. The lowest BCUT2D eigenvalue weighted by molar-refractivity contribution is -0.137. The highest BCUT2D eigenvalue weighted by Crippen LogP contribution is 2.12. The predicted molar refractivity (Wildman–Crippen MR) is 91.3 cm³/mol. The number of aryl methyl sites for hydroxylation is 1. The van der Waals surface area contributed by atoms with E-state index >= 15 is 0 Å². The minimum Gasteiger partial charge on any atom is -0.494 e. The lowest BCUT2D eigenvalue weighted by Crippen LogP contribution is -2.36. The number of carboxylic acids is 1. The SMILES string of the molecule is Cc1cccc(OCCCNC(=O)CN(C)CCC(=O)O)c1.Cl. The molecule has 0 aromatic heterocycles. The maximum absolute atomic E-state index is 11.6. The first-order chi connectivity index (χ1) is 10.5. The van der Waals surface area contributed by atoms with Crippen LogP contribution >= 0.6 is 12.4 Å². The molecule has 0 saturated heterocycles. The lowest BCUT2D eigenvalue weighted by Gasteiger charge is -2.15. The standard InChI is InChI=1S/C16H24N2O4.ClH/c1-13-5-3-6-14(11-13)22-10-4-8-17-15(19)12-18(2)9-7-16(20)21;/h3,5-6,11H,4,7-10,12H2,1-2H3,(H,17,19)(H,20,21);1H. The van der Waals surface area contributed by atoms with Gasteiger partial charge in [-0.25, -0.2) is 0 Å². The maximum Gasteiger partial charge on any atom is 0.304 e. The van der Waals surface area contributed by atoms with Crippen LogP contribution in [0.4, 0.5) is 0 Å². The van der Waals surface area contributed by atoms with Gasteiger partial charge in [-0.05, 0) is 38.1 Å². The first kappa shape index (κ1) is 21.2. The number of likely N-dealkylation sites (N-methyl/N-ethyl adjacent to an activating group) is 1. The number of carbonyl (C=O) groups excluding carboxylic acids is 1. The van der Waals surface area contributed by atoms with Crippen molar-refractivity contribution in [1.82, 2.24) is 10.2 Å². The van der Waals surface area contributed by atoms with Gasteiger partial charge in [0.25, 0.3) is 0 Å². The minimum absolute atomic E-state index is 0. The number of hydrogen-bond donors (Lipinski definition) is 2. The number of amides is 1. The largest absolute Gasteiger partial charge is 0.494 e. The Morgan fingerprint density at radius 3 is 2.74 bits per heavy atom. The number of hydrogen-bond acceptors (Lipinski definition) is 4. The number of aliphatic carboxylic acids is 1. The molecule has 1 aromatic carbocycles. The van der Waals surface area contributed by atoms with Crippen LogP contribution in [0.25, 0.3) is 0 Å². The maximum atomic E-state index is 11.6. The van der Waals surface area contributed by atoms with Crippen molar-refractivity contribution in [1.29, 1.82) is 0 Å². The van der Waals surface area contributed by atoms with E-state index < -0.39 is 5.97 Å². The van der Waals surface area contributed by atoms with Crippen molar-refractivity contribution in [2.24, 2.45) is 0 Å². The van der Waals surface area contributed by atoms with Crippen LogP contribution in [0.15, 0.2) is 24.3 Å². The van der Waals surface area contributed by atoms with Crippen LogP contribution in [0.1, 0.15) is 18.4 Å². The average Bonchev–Trinajstić information content (AvgIpc) is 2.45. The summed E-state index contributed by atoms with van der Waals surface area (Å²) in [5.74, 6) is -0.135. The molecule has 1 aromatic rings. The van der Waals surface area contributed by atoms with E-state index in [4.69, 9.17) is 9.84 Å². The van der Waals surface area contributed by atoms with Crippen LogP contribution in [0.5, 0.6) is 5.75 Å². The summed E-state index contributed by atoms with van der Waals surface area (Å²) in [4.78, 5) is 23.8. The van der Waals surface area contributed by atoms with Gasteiger partial charge in [0.1, 0.15) is 5.75 Å². The van der Waals surface area contributed by atoms with Crippen molar-refractivity contribution < 1.29 is 19.4 Å². The Hall–Kier alpha value is -1.79. The molecular weight excluding hydrogens is 320 g/mol. The molecule has 0 fully saturated rings. The second-order valence-corrected chi connectivity index (χ2v) is 5.25. The van der Waals surface area contributed by atoms with Crippen molar-refractivity contribution in [2.45, 2.75) is 19.8 Å². The van der Waals surface area contributed by atoms with Gasteiger partial charge in [-0.2, -0.15) is 0 Å². The summed E-state index contributed by atoms with van der Waals surface area (Å²) < 4.78 is 5.59. The predicted octanol–water partition coefficient (Wildman–Crippen LogP) is 1.71. The van der Waals surface area contributed by atoms with Crippen molar-refractivity contribution >= 4 is 24.3 Å². The topological polar surface area (TPSA) is 78.9 Å². The lowest BCUT2D eigenvalue weighted by atomic mass is 10.2. The van der Waals surface area contributed by atoms with E-state index in [1.165, 1.54) is 0 Å². The molecule has 0 aliphatic rings. The second-order valence-electron chi connectivity index (χ2n) is 5.25. The smallest absolute Gasteiger partial charge is 0.304 e. The summed E-state index contributed by atoms with van der Waals surface area (Å²) in [6.07, 6.45) is 0.757. The fourth-order valence-electron chi connectivity index (χ4n) is 1.86. The summed E-state index contributed by atoms with van der Waals surface area (Å²) in [5, 5.41) is 11.4. The van der Waals surface area contributed by atoms with Crippen LogP contribution in [-0.2, 0) is 9.59 Å². The Morgan fingerprint density at radius 2 is 2.09 bits per heavy atom. The molecule has 0 spiro atoms. The third kappa shape index (κ3) is 10.5. The molecule has 23 heavy (non-hydrogen) atoms. The van der Waals surface area contributed by atoms with Crippen molar-refractivity contribution in [2.75, 3.05) is 33.3 Å². The van der Waals surface area contributed by atoms with Crippen molar-refractivity contribution in [3.63, 3.8) is 0 Å². The van der Waals surface area contributed by atoms with E-state index in [2.05, 4.69) is 5.32 Å². The van der Waals surface area contributed by atoms with Crippen molar-refractivity contribution in [3.05, 3.63) is 29.8 Å². The first-order valence-electron chi connectivity index (χ1n) is 7.34. The molecule has 0 unspecified atom stereocenters. The molecule has 0 atom stereocenters. The minimum atomic E-state index is -0.861. The first-order valence-corrected chi connectivity index (χ1v) is 7.34. The molecule has 2 N–H and O–H groups in total. The normalized spacial score (nSPS) is 10.0. The molecule has 130 valence electrons. The molecule has 6 nitrogen and oxygen atoms in total. The van der Waals surface area contributed by atoms with E-state index in [9.17, 15) is 9.59 Å². The number of ether oxygens (including phenoxy) is 1. The number of carboxylic acid groups (broad SMARTS) is 1. The highest BCUT2D eigenvalue weighted by atomic mass is 35.5. The van der Waals surface area contributed by atoms with Crippen LogP contribution in [0, 0.1) is 6.92 Å². The van der Waals surface area contributed by atoms with E-state index in [0.29, 0.717) is 19.7 Å². The molecular formula is C16H25ClN2O4. The number of carbonyl (C=O) groups is 2. The molecule has 1 rings (SSSR count). The summed E-state index contributed by atoms with van der Waals surface area (Å²) in [6.45, 7) is 3.65. The van der Waals surface area contributed by atoms with Crippen LogP contribution in [-0.4, -0.2) is 55.2 Å². The van der Waals surface area contributed by atoms with Gasteiger partial charge in [0.2, 0.25) is 5.91 Å². The summed E-state index contributed by atoms with van der Waals surface area (Å²) in [6, 6.07) is 7.83. The highest BCUT2D eigenvalue weighted by Gasteiger charge is 2.07. The second kappa shape index (κ2) is 11.7. The molecule has 0 aliphatic carbocycles. The monoisotopic (exact) mass is 344 g/mol. The molecule has 0 heterocycles. The van der Waals surface area contributed by atoms with Gasteiger partial charge in [0.15, 0.2) is 0 Å². The number of benzene rings is 1. The fourth-order valence-corrected chi connectivity index (χ4v) is 1.86. The average molecular weight is 345 g/mol. The van der Waals surface area contributed by atoms with Crippen LogP contribution in [0.3, 0.4) is 0 Å². The van der Waals surface area contributed by atoms with Gasteiger partial charge in [-0.3, -0.25) is 14.5 Å². The Morgan fingerprint density at radius 1 is 1.35 bits per heavy atom. The summed E-state index contributed by atoms with van der Waals surface area (Å²) >= 11 is 0. The number of rotatable bonds is 10. The van der Waals surface area contributed by atoms with E-state index in [-0.39, 0.29) is 31.3 Å². The number of halogens is 1. The van der Waals surface area contributed by atoms with E-state index in [1.54, 1.807) is 11.9 Å². The fraction of sp³-hybridized carbons (Fsp3) is 0.500. The van der Waals surface area contributed by atoms with Gasteiger partial charge in [0.05, 0.1) is 19.6 Å². The van der Waals surface area contributed by atoms with E-state index in [1.807, 2.05) is 31.2 Å². The summed E-state index contributed by atoms with van der Waals surface area (Å²) in [7, 11) is 1.73. The van der Waals surface area contributed by atoms with Gasteiger partial charge in [-0.1, -0.05) is 12.1 Å². The Labute approximate surface area is 143 Å². The Bertz CT molecular complexity index is 497. The van der Waals surface area contributed by atoms with Gasteiger partial charge in [0, 0.05) is 13.1 Å². The van der Waals surface area contributed by atoms with Gasteiger partial charge >= 0.3 is 5.97 Å².